The molecule has 1 heterocycles. The smallest absolute Gasteiger partial charge is 0.261 e. The number of amides is 1. The summed E-state index contributed by atoms with van der Waals surface area (Å²) in [6.45, 7) is 4.52. The Balaban J connectivity index is 1.94. The van der Waals surface area contributed by atoms with Gasteiger partial charge in [-0.1, -0.05) is 13.8 Å². The Bertz CT molecular complexity index is 397. The molecule has 1 aromatic rings. The zero-order valence-electron chi connectivity index (χ0n) is 9.62. The fourth-order valence-electron chi connectivity index (χ4n) is 2.26. The first kappa shape index (κ1) is 12.0. The molecule has 1 aromatic heterocycles. The maximum atomic E-state index is 11.9. The van der Waals surface area contributed by atoms with E-state index >= 15 is 0 Å². The van der Waals surface area contributed by atoms with Gasteiger partial charge in [-0.15, -0.1) is 24.0 Å². The highest BCUT2D eigenvalue weighted by atomic mass is 32.1. The molecule has 16 heavy (non-hydrogen) atoms. The lowest BCUT2D eigenvalue weighted by atomic mass is 9.92. The summed E-state index contributed by atoms with van der Waals surface area (Å²) in [4.78, 5) is 13.5. The van der Waals surface area contributed by atoms with Gasteiger partial charge in [0, 0.05) is 16.3 Å². The van der Waals surface area contributed by atoms with Crippen molar-refractivity contribution in [2.45, 2.75) is 44.0 Å². The molecular formula is C12H17NOS2. The van der Waals surface area contributed by atoms with Gasteiger partial charge in [0.2, 0.25) is 0 Å². The molecule has 1 atom stereocenters. The summed E-state index contributed by atoms with van der Waals surface area (Å²) in [6.07, 6.45) is 3.37. The van der Waals surface area contributed by atoms with Crippen LogP contribution in [0.2, 0.25) is 0 Å². The van der Waals surface area contributed by atoms with E-state index in [1.807, 2.05) is 11.4 Å². The second-order valence-electron chi connectivity index (χ2n) is 5.25. The Kier molecular flexibility index (Phi) is 3.31. The molecule has 1 amide bonds. The van der Waals surface area contributed by atoms with Gasteiger partial charge in [0.15, 0.2) is 0 Å². The van der Waals surface area contributed by atoms with Crippen LogP contribution in [0.3, 0.4) is 0 Å². The van der Waals surface area contributed by atoms with E-state index in [2.05, 4.69) is 31.8 Å². The van der Waals surface area contributed by atoms with Crippen LogP contribution in [0.5, 0.6) is 0 Å². The summed E-state index contributed by atoms with van der Waals surface area (Å²) in [5.74, 6) is 0.0491. The first-order valence-corrected chi connectivity index (χ1v) is 6.87. The third-order valence-corrected chi connectivity index (χ3v) is 4.48. The van der Waals surface area contributed by atoms with E-state index < -0.39 is 0 Å². The Morgan fingerprint density at radius 2 is 2.38 bits per heavy atom. The highest BCUT2D eigenvalue weighted by Gasteiger charge is 2.31. The van der Waals surface area contributed by atoms with Crippen LogP contribution in [0, 0.1) is 5.41 Å². The minimum atomic E-state index is 0.0491. The van der Waals surface area contributed by atoms with Crippen molar-refractivity contribution in [3.05, 3.63) is 16.3 Å². The molecule has 1 aliphatic rings. The van der Waals surface area contributed by atoms with Gasteiger partial charge in [0.25, 0.3) is 5.91 Å². The molecule has 88 valence electrons. The molecule has 0 radical (unpaired) electrons. The lowest BCUT2D eigenvalue weighted by molar-refractivity contribution is 0.0940. The third-order valence-electron chi connectivity index (χ3n) is 3.11. The van der Waals surface area contributed by atoms with Crippen molar-refractivity contribution in [3.63, 3.8) is 0 Å². The first-order chi connectivity index (χ1) is 7.46. The number of hydrogen-bond acceptors (Lipinski definition) is 3. The predicted molar refractivity (Wildman–Crippen MR) is 70.5 cm³/mol. The molecule has 4 heteroatoms. The zero-order chi connectivity index (χ0) is 11.8. The molecular weight excluding hydrogens is 238 g/mol. The molecule has 2 rings (SSSR count). The number of thiophene rings is 1. The van der Waals surface area contributed by atoms with E-state index in [1.165, 1.54) is 17.8 Å². The molecule has 1 unspecified atom stereocenters. The molecule has 0 bridgehead atoms. The van der Waals surface area contributed by atoms with Gasteiger partial charge in [0.1, 0.15) is 0 Å². The van der Waals surface area contributed by atoms with Crippen molar-refractivity contribution in [1.29, 1.82) is 0 Å². The van der Waals surface area contributed by atoms with E-state index in [4.69, 9.17) is 0 Å². The Labute approximate surface area is 106 Å². The molecule has 0 spiro atoms. The maximum Gasteiger partial charge on any atom is 0.261 e. The molecule has 0 aromatic carbocycles. The van der Waals surface area contributed by atoms with Crippen LogP contribution in [0.4, 0.5) is 0 Å². The minimum Gasteiger partial charge on any atom is -0.349 e. The average molecular weight is 255 g/mol. The number of nitrogens with one attached hydrogen (secondary N) is 1. The minimum absolute atomic E-state index is 0.0491. The summed E-state index contributed by atoms with van der Waals surface area (Å²) in [5, 5.41) is 4.99. The zero-order valence-corrected chi connectivity index (χ0v) is 11.3. The van der Waals surface area contributed by atoms with Crippen LogP contribution >= 0.6 is 24.0 Å². The maximum absolute atomic E-state index is 11.9. The van der Waals surface area contributed by atoms with Gasteiger partial charge in [-0.3, -0.25) is 4.79 Å². The Hall–Kier alpha value is -0.480. The number of carbonyl (C=O) groups is 1. The van der Waals surface area contributed by atoms with Gasteiger partial charge in [-0.25, -0.2) is 0 Å². The monoisotopic (exact) mass is 255 g/mol. The highest BCUT2D eigenvalue weighted by molar-refractivity contribution is 7.80. The molecule has 1 N–H and O–H groups in total. The van der Waals surface area contributed by atoms with Gasteiger partial charge in [-0.05, 0) is 30.7 Å². The van der Waals surface area contributed by atoms with E-state index in [0.717, 1.165) is 22.6 Å². The van der Waals surface area contributed by atoms with Crippen LogP contribution in [-0.2, 0) is 0 Å². The molecule has 1 saturated carbocycles. The standard InChI is InChI=1S/C12H17NOS2/c1-12(2)4-3-8(6-12)13-11(14)10-5-9(15)7-16-10/h5,7-8,15H,3-4,6H2,1-2H3,(H,13,14). The fourth-order valence-corrected chi connectivity index (χ4v) is 3.31. The third kappa shape index (κ3) is 2.80. The van der Waals surface area contributed by atoms with E-state index in [1.54, 1.807) is 0 Å². The Morgan fingerprint density at radius 3 is 2.88 bits per heavy atom. The molecule has 0 aliphatic heterocycles. The largest absolute Gasteiger partial charge is 0.349 e. The average Bonchev–Trinajstić information content (AvgIpc) is 2.73. The predicted octanol–water partition coefficient (Wildman–Crippen LogP) is 3.35. The summed E-state index contributed by atoms with van der Waals surface area (Å²) in [7, 11) is 0. The fraction of sp³-hybridized carbons (Fsp3) is 0.583. The van der Waals surface area contributed by atoms with E-state index in [0.29, 0.717) is 11.5 Å². The van der Waals surface area contributed by atoms with Gasteiger partial charge < -0.3 is 5.32 Å². The number of rotatable bonds is 2. The number of thiol groups is 1. The normalized spacial score (nSPS) is 23.3. The topological polar surface area (TPSA) is 29.1 Å². The van der Waals surface area contributed by atoms with Crippen molar-refractivity contribution in [3.8, 4) is 0 Å². The highest BCUT2D eigenvalue weighted by Crippen LogP contribution is 2.37. The molecule has 2 nitrogen and oxygen atoms in total. The Morgan fingerprint density at radius 1 is 1.62 bits per heavy atom. The van der Waals surface area contributed by atoms with Gasteiger partial charge in [-0.2, -0.15) is 0 Å². The molecule has 1 fully saturated rings. The summed E-state index contributed by atoms with van der Waals surface area (Å²) >= 11 is 5.66. The van der Waals surface area contributed by atoms with Crippen molar-refractivity contribution in [2.75, 3.05) is 0 Å². The van der Waals surface area contributed by atoms with Gasteiger partial charge in [0.05, 0.1) is 4.88 Å². The number of hydrogen-bond donors (Lipinski definition) is 2. The second kappa shape index (κ2) is 4.41. The van der Waals surface area contributed by atoms with Crippen molar-refractivity contribution in [2.24, 2.45) is 5.41 Å². The quantitative estimate of drug-likeness (QED) is 0.780. The van der Waals surface area contributed by atoms with Crippen molar-refractivity contribution in [1.82, 2.24) is 5.32 Å². The SMILES string of the molecule is CC1(C)CCC(NC(=O)c2cc(S)cs2)C1. The van der Waals surface area contributed by atoms with Crippen LogP contribution < -0.4 is 5.32 Å². The lowest BCUT2D eigenvalue weighted by Crippen LogP contribution is -2.32. The van der Waals surface area contributed by atoms with Crippen LogP contribution in [0.15, 0.2) is 16.3 Å². The summed E-state index contributed by atoms with van der Waals surface area (Å²) in [6, 6.07) is 2.16. The van der Waals surface area contributed by atoms with Crippen LogP contribution in [0.1, 0.15) is 42.8 Å². The van der Waals surface area contributed by atoms with Crippen molar-refractivity contribution < 1.29 is 4.79 Å². The summed E-state index contributed by atoms with van der Waals surface area (Å²) < 4.78 is 0. The van der Waals surface area contributed by atoms with Crippen LogP contribution in [0.25, 0.3) is 0 Å². The molecule has 0 saturated heterocycles. The van der Waals surface area contributed by atoms with E-state index in [9.17, 15) is 4.79 Å². The lowest BCUT2D eigenvalue weighted by Gasteiger charge is -2.17. The van der Waals surface area contributed by atoms with E-state index in [-0.39, 0.29) is 5.91 Å². The van der Waals surface area contributed by atoms with Crippen LogP contribution in [-0.4, -0.2) is 11.9 Å². The molecule has 1 aliphatic carbocycles. The second-order valence-corrected chi connectivity index (χ2v) is 6.67. The number of carbonyl (C=O) groups excluding carboxylic acids is 1. The summed E-state index contributed by atoms with van der Waals surface area (Å²) in [5.41, 5.74) is 0.377. The van der Waals surface area contributed by atoms with Crippen molar-refractivity contribution >= 4 is 29.9 Å². The first-order valence-electron chi connectivity index (χ1n) is 5.55. The van der Waals surface area contributed by atoms with Gasteiger partial charge >= 0.3 is 0 Å².